The molecule has 3 N–H and O–H groups in total. The van der Waals surface area contributed by atoms with E-state index in [2.05, 4.69) is 12.2 Å². The molecule has 1 aromatic rings. The second-order valence-corrected chi connectivity index (χ2v) is 5.92. The second kappa shape index (κ2) is 6.43. The molecule has 2 rings (SSSR count). The number of aliphatic hydroxyl groups is 1. The molecule has 1 aromatic carbocycles. The predicted octanol–water partition coefficient (Wildman–Crippen LogP) is 2.59. The van der Waals surface area contributed by atoms with Crippen LogP contribution < -0.4 is 5.32 Å². The van der Waals surface area contributed by atoms with Gasteiger partial charge >= 0.3 is 0 Å². The van der Waals surface area contributed by atoms with E-state index in [9.17, 15) is 19.4 Å². The summed E-state index contributed by atoms with van der Waals surface area (Å²) < 4.78 is 13.1. The summed E-state index contributed by atoms with van der Waals surface area (Å²) in [7, 11) is 0. The highest BCUT2D eigenvalue weighted by Gasteiger charge is 2.33. The summed E-state index contributed by atoms with van der Waals surface area (Å²) >= 11 is 0. The van der Waals surface area contributed by atoms with Gasteiger partial charge in [0.15, 0.2) is 0 Å². The lowest BCUT2D eigenvalue weighted by Crippen LogP contribution is -2.45. The molecule has 0 bridgehead atoms. The number of phenolic OH excluding ortho intramolecular Hbond substituents is 1. The molecule has 0 unspecified atom stereocenters. The first-order valence-corrected chi connectivity index (χ1v) is 7.42. The predicted molar refractivity (Wildman–Crippen MR) is 77.6 cm³/mol. The van der Waals surface area contributed by atoms with Crippen molar-refractivity contribution in [2.24, 2.45) is 5.92 Å². The van der Waals surface area contributed by atoms with Gasteiger partial charge in [0.2, 0.25) is 0 Å². The number of rotatable bonds is 4. The van der Waals surface area contributed by atoms with Crippen molar-refractivity contribution in [1.82, 2.24) is 5.32 Å². The van der Waals surface area contributed by atoms with E-state index in [1.165, 1.54) is 0 Å². The Balaban J connectivity index is 1.93. The Bertz CT molecular complexity index is 510. The molecule has 1 saturated carbocycles. The molecular formula is C16H22FNO3. The summed E-state index contributed by atoms with van der Waals surface area (Å²) in [5.41, 5.74) is -1.01. The van der Waals surface area contributed by atoms with Crippen molar-refractivity contribution in [1.29, 1.82) is 0 Å². The van der Waals surface area contributed by atoms with Gasteiger partial charge in [0, 0.05) is 6.54 Å². The monoisotopic (exact) mass is 295 g/mol. The zero-order valence-electron chi connectivity index (χ0n) is 12.2. The standard InChI is InChI=1S/C16H22FNO3/c1-2-11-5-7-16(21,8-6-11)10-18-15(20)13-9-12(17)3-4-14(13)19/h3-4,9,11,19,21H,2,5-8,10H2,1H3,(H,18,20). The van der Waals surface area contributed by atoms with E-state index in [0.717, 1.165) is 37.5 Å². The Morgan fingerprint density at radius 3 is 2.71 bits per heavy atom. The molecule has 0 aliphatic heterocycles. The molecule has 1 fully saturated rings. The van der Waals surface area contributed by atoms with E-state index in [4.69, 9.17) is 0 Å². The Morgan fingerprint density at radius 2 is 2.10 bits per heavy atom. The number of halogens is 1. The maximum Gasteiger partial charge on any atom is 0.255 e. The number of hydrogen-bond donors (Lipinski definition) is 3. The molecule has 4 nitrogen and oxygen atoms in total. The molecule has 1 amide bonds. The molecule has 1 aliphatic rings. The first-order chi connectivity index (χ1) is 9.93. The van der Waals surface area contributed by atoms with Gasteiger partial charge in [-0.15, -0.1) is 0 Å². The van der Waals surface area contributed by atoms with Gasteiger partial charge in [0.05, 0.1) is 11.2 Å². The van der Waals surface area contributed by atoms with E-state index < -0.39 is 17.3 Å². The number of aromatic hydroxyl groups is 1. The van der Waals surface area contributed by atoms with Gasteiger partial charge in [-0.05, 0) is 49.8 Å². The Kier molecular flexibility index (Phi) is 4.83. The molecule has 21 heavy (non-hydrogen) atoms. The van der Waals surface area contributed by atoms with E-state index in [1.807, 2.05) is 0 Å². The first-order valence-electron chi connectivity index (χ1n) is 7.42. The molecular weight excluding hydrogens is 273 g/mol. The lowest BCUT2D eigenvalue weighted by molar-refractivity contribution is -0.00789. The number of carbonyl (C=O) groups is 1. The van der Waals surface area contributed by atoms with Gasteiger partial charge in [0.25, 0.3) is 5.91 Å². The third-order valence-corrected chi connectivity index (χ3v) is 4.39. The minimum Gasteiger partial charge on any atom is -0.507 e. The van der Waals surface area contributed by atoms with Crippen molar-refractivity contribution in [3.8, 4) is 5.75 Å². The Morgan fingerprint density at radius 1 is 1.43 bits per heavy atom. The first kappa shape index (κ1) is 15.8. The Hall–Kier alpha value is -1.62. The molecule has 0 atom stereocenters. The van der Waals surface area contributed by atoms with Gasteiger partial charge in [-0.3, -0.25) is 4.79 Å². The summed E-state index contributed by atoms with van der Waals surface area (Å²) in [5.74, 6) is -0.776. The summed E-state index contributed by atoms with van der Waals surface area (Å²) in [6.07, 6.45) is 4.32. The van der Waals surface area contributed by atoms with Crippen LogP contribution in [0, 0.1) is 11.7 Å². The third kappa shape index (κ3) is 3.94. The van der Waals surface area contributed by atoms with Crippen LogP contribution in [0.25, 0.3) is 0 Å². The zero-order valence-corrected chi connectivity index (χ0v) is 12.2. The zero-order chi connectivity index (χ0) is 15.5. The van der Waals surface area contributed by atoms with Crippen molar-refractivity contribution in [2.45, 2.75) is 44.6 Å². The molecule has 1 aliphatic carbocycles. The number of amides is 1. The minimum atomic E-state index is -0.899. The van der Waals surface area contributed by atoms with Gasteiger partial charge < -0.3 is 15.5 Å². The lowest BCUT2D eigenvalue weighted by atomic mass is 9.78. The fourth-order valence-electron chi connectivity index (χ4n) is 2.83. The quantitative estimate of drug-likeness (QED) is 0.799. The van der Waals surface area contributed by atoms with E-state index >= 15 is 0 Å². The number of carbonyl (C=O) groups excluding carboxylic acids is 1. The molecule has 0 aromatic heterocycles. The van der Waals surface area contributed by atoms with Crippen LogP contribution in [0.3, 0.4) is 0 Å². The highest BCUT2D eigenvalue weighted by molar-refractivity contribution is 5.96. The van der Waals surface area contributed by atoms with Crippen molar-refractivity contribution in [3.05, 3.63) is 29.6 Å². The van der Waals surface area contributed by atoms with Crippen molar-refractivity contribution < 1.29 is 19.4 Å². The van der Waals surface area contributed by atoms with Crippen molar-refractivity contribution in [3.63, 3.8) is 0 Å². The molecule has 0 spiro atoms. The van der Waals surface area contributed by atoms with Crippen molar-refractivity contribution >= 4 is 5.91 Å². The van der Waals surface area contributed by atoms with Gasteiger partial charge in [-0.2, -0.15) is 0 Å². The van der Waals surface area contributed by atoms with Gasteiger partial charge in [-0.25, -0.2) is 4.39 Å². The SMILES string of the molecule is CCC1CCC(O)(CNC(=O)c2cc(F)ccc2O)CC1. The lowest BCUT2D eigenvalue weighted by Gasteiger charge is -2.35. The summed E-state index contributed by atoms with van der Waals surface area (Å²) in [5, 5.41) is 22.6. The van der Waals surface area contributed by atoms with Crippen LogP contribution in [0.4, 0.5) is 4.39 Å². The largest absolute Gasteiger partial charge is 0.507 e. The summed E-state index contributed by atoms with van der Waals surface area (Å²) in [4.78, 5) is 12.0. The smallest absolute Gasteiger partial charge is 0.255 e. The average Bonchev–Trinajstić information content (AvgIpc) is 2.48. The van der Waals surface area contributed by atoms with Crippen LogP contribution in [0.15, 0.2) is 18.2 Å². The molecule has 116 valence electrons. The normalized spacial score (nSPS) is 25.6. The number of nitrogens with one attached hydrogen (secondary N) is 1. The van der Waals surface area contributed by atoms with Crippen LogP contribution in [-0.2, 0) is 0 Å². The minimum absolute atomic E-state index is 0.110. The maximum absolute atomic E-state index is 13.1. The maximum atomic E-state index is 13.1. The highest BCUT2D eigenvalue weighted by Crippen LogP contribution is 2.33. The van der Waals surface area contributed by atoms with E-state index in [1.54, 1.807) is 0 Å². The molecule has 0 radical (unpaired) electrons. The number of phenols is 1. The Labute approximate surface area is 124 Å². The van der Waals surface area contributed by atoms with Crippen LogP contribution in [-0.4, -0.2) is 28.3 Å². The average molecular weight is 295 g/mol. The summed E-state index contributed by atoms with van der Waals surface area (Å²) in [6, 6.07) is 3.22. The van der Waals surface area contributed by atoms with E-state index in [0.29, 0.717) is 18.8 Å². The second-order valence-electron chi connectivity index (χ2n) is 5.92. The van der Waals surface area contributed by atoms with Gasteiger partial charge in [-0.1, -0.05) is 13.3 Å². The van der Waals surface area contributed by atoms with Gasteiger partial charge in [0.1, 0.15) is 11.6 Å². The molecule has 0 saturated heterocycles. The van der Waals surface area contributed by atoms with Crippen LogP contribution in [0.5, 0.6) is 5.75 Å². The fourth-order valence-corrected chi connectivity index (χ4v) is 2.83. The number of hydrogen-bond acceptors (Lipinski definition) is 3. The third-order valence-electron chi connectivity index (χ3n) is 4.39. The van der Waals surface area contributed by atoms with Crippen molar-refractivity contribution in [2.75, 3.05) is 6.54 Å². The van der Waals surface area contributed by atoms with E-state index in [-0.39, 0.29) is 17.9 Å². The summed E-state index contributed by atoms with van der Waals surface area (Å²) in [6.45, 7) is 2.27. The van der Waals surface area contributed by atoms with Crippen LogP contribution >= 0.6 is 0 Å². The highest BCUT2D eigenvalue weighted by atomic mass is 19.1. The van der Waals surface area contributed by atoms with Crippen LogP contribution in [0.1, 0.15) is 49.4 Å². The molecule has 0 heterocycles. The van der Waals surface area contributed by atoms with Crippen LogP contribution in [0.2, 0.25) is 0 Å². The fraction of sp³-hybridized carbons (Fsp3) is 0.562. The number of benzene rings is 1. The molecule has 5 heteroatoms. The topological polar surface area (TPSA) is 69.6 Å².